The van der Waals surface area contributed by atoms with Crippen molar-refractivity contribution in [3.8, 4) is 5.88 Å². The predicted octanol–water partition coefficient (Wildman–Crippen LogP) is 2.95. The maximum absolute atomic E-state index is 13.3. The molecule has 1 aliphatic heterocycles. The second-order valence-corrected chi connectivity index (χ2v) is 7.64. The lowest BCUT2D eigenvalue weighted by Crippen LogP contribution is -2.43. The number of carbonyl (C=O) groups is 3. The summed E-state index contributed by atoms with van der Waals surface area (Å²) in [6, 6.07) is 4.96. The SMILES string of the molecule is CCOC(=O)C[C@@H](c1ccc(OC)nc1)N1CCn2cc(CCCC(C)=O)cc2C1=O. The van der Waals surface area contributed by atoms with E-state index in [1.165, 1.54) is 7.11 Å². The van der Waals surface area contributed by atoms with E-state index >= 15 is 0 Å². The second kappa shape index (κ2) is 10.2. The Morgan fingerprint density at radius 1 is 1.26 bits per heavy atom. The largest absolute Gasteiger partial charge is 0.481 e. The average molecular weight is 428 g/mol. The highest BCUT2D eigenvalue weighted by molar-refractivity contribution is 5.94. The van der Waals surface area contributed by atoms with E-state index in [1.807, 2.05) is 22.9 Å². The summed E-state index contributed by atoms with van der Waals surface area (Å²) in [6.45, 7) is 4.74. The van der Waals surface area contributed by atoms with Crippen LogP contribution in [0, 0.1) is 0 Å². The summed E-state index contributed by atoms with van der Waals surface area (Å²) >= 11 is 0. The number of aromatic nitrogens is 2. The van der Waals surface area contributed by atoms with Gasteiger partial charge in [-0.05, 0) is 43.9 Å². The molecule has 166 valence electrons. The first kappa shape index (κ1) is 22.5. The van der Waals surface area contributed by atoms with Gasteiger partial charge in [0.05, 0.1) is 26.2 Å². The summed E-state index contributed by atoms with van der Waals surface area (Å²) in [5, 5.41) is 0. The molecule has 3 rings (SSSR count). The van der Waals surface area contributed by atoms with Gasteiger partial charge in [-0.15, -0.1) is 0 Å². The summed E-state index contributed by atoms with van der Waals surface area (Å²) in [6.07, 6.45) is 5.73. The van der Waals surface area contributed by atoms with E-state index < -0.39 is 6.04 Å². The van der Waals surface area contributed by atoms with Crippen LogP contribution < -0.4 is 4.74 Å². The number of aryl methyl sites for hydroxylation is 1. The molecule has 0 bridgehead atoms. The molecular formula is C23H29N3O5. The molecule has 1 atom stereocenters. The Hall–Kier alpha value is -3.16. The monoisotopic (exact) mass is 427 g/mol. The van der Waals surface area contributed by atoms with Crippen molar-refractivity contribution in [1.29, 1.82) is 0 Å². The molecular weight excluding hydrogens is 398 g/mol. The third kappa shape index (κ3) is 5.51. The minimum Gasteiger partial charge on any atom is -0.481 e. The summed E-state index contributed by atoms with van der Waals surface area (Å²) in [7, 11) is 1.54. The normalized spacial score (nSPS) is 14.2. The number of pyridine rings is 1. The Balaban J connectivity index is 1.82. The van der Waals surface area contributed by atoms with Gasteiger partial charge in [-0.1, -0.05) is 6.07 Å². The molecule has 8 heteroatoms. The van der Waals surface area contributed by atoms with Gasteiger partial charge in [-0.2, -0.15) is 0 Å². The van der Waals surface area contributed by atoms with Gasteiger partial charge in [0.1, 0.15) is 11.5 Å². The number of hydrogen-bond donors (Lipinski definition) is 0. The Morgan fingerprint density at radius 2 is 2.06 bits per heavy atom. The molecule has 3 heterocycles. The molecule has 0 aromatic carbocycles. The van der Waals surface area contributed by atoms with Crippen molar-refractivity contribution < 1.29 is 23.9 Å². The fourth-order valence-electron chi connectivity index (χ4n) is 3.87. The molecule has 0 N–H and O–H groups in total. The van der Waals surface area contributed by atoms with Gasteiger partial charge in [0.2, 0.25) is 5.88 Å². The van der Waals surface area contributed by atoms with Crippen molar-refractivity contribution in [1.82, 2.24) is 14.5 Å². The van der Waals surface area contributed by atoms with Gasteiger partial charge < -0.3 is 23.7 Å². The van der Waals surface area contributed by atoms with Gasteiger partial charge in [0.15, 0.2) is 0 Å². The number of ketones is 1. The standard InChI is InChI=1S/C23H29N3O5/c1-4-31-22(28)13-19(18-8-9-21(30-3)24-14-18)26-11-10-25-15-17(7-5-6-16(2)27)12-20(25)23(26)29/h8-9,12,14-15,19H,4-7,10-11,13H2,1-3H3/t19-/m0/s1. The highest BCUT2D eigenvalue weighted by Gasteiger charge is 2.33. The van der Waals surface area contributed by atoms with E-state index in [0.29, 0.717) is 31.1 Å². The quantitative estimate of drug-likeness (QED) is 0.542. The fraction of sp³-hybridized carbons (Fsp3) is 0.478. The van der Waals surface area contributed by atoms with Gasteiger partial charge >= 0.3 is 5.97 Å². The first-order valence-corrected chi connectivity index (χ1v) is 10.6. The molecule has 0 fully saturated rings. The highest BCUT2D eigenvalue weighted by atomic mass is 16.5. The number of esters is 1. The lowest BCUT2D eigenvalue weighted by Gasteiger charge is -2.35. The summed E-state index contributed by atoms with van der Waals surface area (Å²) in [4.78, 5) is 42.8. The molecule has 1 amide bonds. The van der Waals surface area contributed by atoms with E-state index in [4.69, 9.17) is 9.47 Å². The Morgan fingerprint density at radius 3 is 2.71 bits per heavy atom. The molecule has 0 saturated heterocycles. The van der Waals surface area contributed by atoms with Crippen molar-refractivity contribution in [2.45, 2.75) is 52.1 Å². The molecule has 2 aromatic rings. The van der Waals surface area contributed by atoms with Crippen molar-refractivity contribution in [3.05, 3.63) is 47.4 Å². The van der Waals surface area contributed by atoms with E-state index in [1.54, 1.807) is 31.0 Å². The Labute approximate surface area is 182 Å². The minimum absolute atomic E-state index is 0.0553. The number of carbonyl (C=O) groups excluding carboxylic acids is 3. The van der Waals surface area contributed by atoms with Crippen LogP contribution in [0.1, 0.15) is 60.8 Å². The number of fused-ring (bicyclic) bond motifs is 1. The van der Waals surface area contributed by atoms with E-state index in [0.717, 1.165) is 24.0 Å². The van der Waals surface area contributed by atoms with E-state index in [2.05, 4.69) is 4.98 Å². The average Bonchev–Trinajstić information content (AvgIpc) is 3.17. The third-order valence-electron chi connectivity index (χ3n) is 5.40. The van der Waals surface area contributed by atoms with Crippen molar-refractivity contribution in [3.63, 3.8) is 0 Å². The lowest BCUT2D eigenvalue weighted by molar-refractivity contribution is -0.144. The lowest BCUT2D eigenvalue weighted by atomic mass is 10.0. The van der Waals surface area contributed by atoms with Crippen LogP contribution in [0.2, 0.25) is 0 Å². The number of Topliss-reactive ketones (excluding diaryl/α,β-unsaturated/α-hetero) is 1. The minimum atomic E-state index is -0.477. The molecule has 8 nitrogen and oxygen atoms in total. The fourth-order valence-corrected chi connectivity index (χ4v) is 3.87. The molecule has 2 aromatic heterocycles. The van der Waals surface area contributed by atoms with Gasteiger partial charge in [-0.3, -0.25) is 9.59 Å². The number of hydrogen-bond acceptors (Lipinski definition) is 6. The van der Waals surface area contributed by atoms with Crippen LogP contribution in [0.4, 0.5) is 0 Å². The van der Waals surface area contributed by atoms with Crippen LogP contribution in [-0.4, -0.2) is 52.4 Å². The van der Waals surface area contributed by atoms with Crippen LogP contribution in [-0.2, 0) is 27.3 Å². The van der Waals surface area contributed by atoms with Crippen LogP contribution in [0.5, 0.6) is 5.88 Å². The number of ether oxygens (including phenoxy) is 2. The summed E-state index contributed by atoms with van der Waals surface area (Å²) < 4.78 is 12.2. The van der Waals surface area contributed by atoms with Crippen LogP contribution >= 0.6 is 0 Å². The van der Waals surface area contributed by atoms with E-state index in [9.17, 15) is 14.4 Å². The second-order valence-electron chi connectivity index (χ2n) is 7.64. The van der Waals surface area contributed by atoms with E-state index in [-0.39, 0.29) is 30.7 Å². The maximum atomic E-state index is 13.3. The zero-order valence-corrected chi connectivity index (χ0v) is 18.3. The number of rotatable bonds is 10. The van der Waals surface area contributed by atoms with Gasteiger partial charge in [-0.25, -0.2) is 4.98 Å². The summed E-state index contributed by atoms with van der Waals surface area (Å²) in [5.74, 6) is 0.144. The molecule has 0 unspecified atom stereocenters. The first-order valence-electron chi connectivity index (χ1n) is 10.6. The number of nitrogens with zero attached hydrogens (tertiary/aromatic N) is 3. The molecule has 0 radical (unpaired) electrons. The van der Waals surface area contributed by atoms with Gasteiger partial charge in [0.25, 0.3) is 5.91 Å². The Bertz CT molecular complexity index is 935. The van der Waals surface area contributed by atoms with Crippen LogP contribution in [0.3, 0.4) is 0 Å². The smallest absolute Gasteiger partial charge is 0.308 e. The Kier molecular flexibility index (Phi) is 7.44. The molecule has 0 spiro atoms. The third-order valence-corrected chi connectivity index (χ3v) is 5.40. The van der Waals surface area contributed by atoms with Crippen LogP contribution in [0.25, 0.3) is 0 Å². The first-order chi connectivity index (χ1) is 14.9. The van der Waals surface area contributed by atoms with Crippen LogP contribution in [0.15, 0.2) is 30.6 Å². The topological polar surface area (TPSA) is 90.7 Å². The van der Waals surface area contributed by atoms with Gasteiger partial charge in [0, 0.05) is 38.0 Å². The zero-order chi connectivity index (χ0) is 22.4. The molecule has 0 saturated carbocycles. The van der Waals surface area contributed by atoms with Crippen molar-refractivity contribution in [2.75, 3.05) is 20.3 Å². The maximum Gasteiger partial charge on any atom is 0.308 e. The predicted molar refractivity (Wildman–Crippen MR) is 114 cm³/mol. The highest BCUT2D eigenvalue weighted by Crippen LogP contribution is 2.30. The molecule has 1 aliphatic rings. The zero-order valence-electron chi connectivity index (χ0n) is 18.3. The molecule has 31 heavy (non-hydrogen) atoms. The molecule has 0 aliphatic carbocycles. The number of amides is 1. The number of methoxy groups -OCH3 is 1. The summed E-state index contributed by atoms with van der Waals surface area (Å²) in [5.41, 5.74) is 2.39. The van der Waals surface area contributed by atoms with Crippen molar-refractivity contribution >= 4 is 17.7 Å². The van der Waals surface area contributed by atoms with Crippen molar-refractivity contribution in [2.24, 2.45) is 0 Å².